The first kappa shape index (κ1) is 12.9. The van der Waals surface area contributed by atoms with E-state index in [0.717, 1.165) is 0 Å². The number of hydrogen-bond donors (Lipinski definition) is 1. The van der Waals surface area contributed by atoms with Crippen molar-refractivity contribution < 1.29 is 13.9 Å². The Morgan fingerprint density at radius 1 is 1.56 bits per heavy atom. The molecule has 0 amide bonds. The van der Waals surface area contributed by atoms with Crippen LogP contribution >= 0.6 is 11.6 Å². The fourth-order valence-corrected chi connectivity index (χ4v) is 1.56. The number of benzene rings is 1. The topological polar surface area (TPSA) is 38.3 Å². The van der Waals surface area contributed by atoms with Crippen molar-refractivity contribution in [3.8, 4) is 0 Å². The van der Waals surface area contributed by atoms with E-state index in [1.165, 1.54) is 25.3 Å². The average molecular weight is 246 g/mol. The minimum absolute atomic E-state index is 0.0251. The molecule has 0 fully saturated rings. The molecule has 0 aliphatic rings. The number of carbonyl (C=O) groups is 1. The van der Waals surface area contributed by atoms with Crippen LogP contribution < -0.4 is 5.32 Å². The van der Waals surface area contributed by atoms with E-state index in [1.54, 1.807) is 14.0 Å². The van der Waals surface area contributed by atoms with Crippen LogP contribution in [0.1, 0.15) is 12.5 Å². The van der Waals surface area contributed by atoms with E-state index in [1.807, 2.05) is 0 Å². The Bertz CT molecular complexity index is 411. The molecule has 1 rings (SSSR count). The van der Waals surface area contributed by atoms with Gasteiger partial charge >= 0.3 is 5.97 Å². The minimum Gasteiger partial charge on any atom is -0.467 e. The molecule has 0 saturated heterocycles. The molecule has 0 saturated carbocycles. The molecule has 5 heteroatoms. The van der Waals surface area contributed by atoms with Crippen molar-refractivity contribution in [1.29, 1.82) is 0 Å². The van der Waals surface area contributed by atoms with Crippen molar-refractivity contribution in [1.82, 2.24) is 5.32 Å². The van der Waals surface area contributed by atoms with E-state index < -0.39 is 17.3 Å². The highest BCUT2D eigenvalue weighted by Crippen LogP contribution is 2.26. The summed E-state index contributed by atoms with van der Waals surface area (Å²) in [5.74, 6) is -0.980. The van der Waals surface area contributed by atoms with Gasteiger partial charge in [0.15, 0.2) is 0 Å². The molecule has 1 atom stereocenters. The van der Waals surface area contributed by atoms with E-state index in [4.69, 9.17) is 16.3 Å². The number of ether oxygens (including phenoxy) is 1. The molecule has 0 radical (unpaired) electrons. The van der Waals surface area contributed by atoms with Gasteiger partial charge in [-0.2, -0.15) is 0 Å². The van der Waals surface area contributed by atoms with Gasteiger partial charge in [-0.25, -0.2) is 9.18 Å². The Labute approximate surface area is 98.5 Å². The zero-order chi connectivity index (χ0) is 12.3. The van der Waals surface area contributed by atoms with Crippen LogP contribution in [0.5, 0.6) is 0 Å². The number of esters is 1. The van der Waals surface area contributed by atoms with Crippen molar-refractivity contribution in [2.45, 2.75) is 12.5 Å². The highest BCUT2D eigenvalue weighted by atomic mass is 35.5. The van der Waals surface area contributed by atoms with Gasteiger partial charge < -0.3 is 10.1 Å². The zero-order valence-corrected chi connectivity index (χ0v) is 10.1. The molecule has 0 bridgehead atoms. The fourth-order valence-electron chi connectivity index (χ4n) is 1.38. The third-order valence-electron chi connectivity index (χ3n) is 2.59. The lowest BCUT2D eigenvalue weighted by atomic mass is 9.92. The lowest BCUT2D eigenvalue weighted by Gasteiger charge is -2.26. The first-order valence-corrected chi connectivity index (χ1v) is 5.06. The predicted octanol–water partition coefficient (Wildman–Crippen LogP) is 2.09. The van der Waals surface area contributed by atoms with Gasteiger partial charge in [-0.3, -0.25) is 0 Å². The van der Waals surface area contributed by atoms with Gasteiger partial charge in [-0.1, -0.05) is 17.7 Å². The summed E-state index contributed by atoms with van der Waals surface area (Å²) in [4.78, 5) is 11.6. The van der Waals surface area contributed by atoms with Crippen molar-refractivity contribution in [3.05, 3.63) is 34.6 Å². The zero-order valence-electron chi connectivity index (χ0n) is 9.30. The molecule has 0 aromatic heterocycles. The van der Waals surface area contributed by atoms with Gasteiger partial charge in [-0.15, -0.1) is 0 Å². The van der Waals surface area contributed by atoms with Crippen molar-refractivity contribution in [3.63, 3.8) is 0 Å². The molecule has 16 heavy (non-hydrogen) atoms. The number of halogens is 2. The lowest BCUT2D eigenvalue weighted by Crippen LogP contribution is -2.45. The number of carbonyl (C=O) groups excluding carboxylic acids is 1. The maximum atomic E-state index is 13.0. The fraction of sp³-hybridized carbons (Fsp3) is 0.364. The molecule has 0 aliphatic heterocycles. The van der Waals surface area contributed by atoms with Gasteiger partial charge in [0.25, 0.3) is 0 Å². The number of methoxy groups -OCH3 is 1. The normalized spacial score (nSPS) is 14.3. The van der Waals surface area contributed by atoms with Gasteiger partial charge in [0, 0.05) is 0 Å². The molecular weight excluding hydrogens is 233 g/mol. The Morgan fingerprint density at radius 3 is 2.62 bits per heavy atom. The second kappa shape index (κ2) is 4.80. The molecule has 1 aromatic carbocycles. The summed E-state index contributed by atoms with van der Waals surface area (Å²) in [6.07, 6.45) is 0. The van der Waals surface area contributed by atoms with Gasteiger partial charge in [-0.05, 0) is 31.7 Å². The van der Waals surface area contributed by atoms with Crippen molar-refractivity contribution in [2.24, 2.45) is 0 Å². The van der Waals surface area contributed by atoms with Crippen LogP contribution in [-0.4, -0.2) is 20.1 Å². The molecule has 0 aliphatic carbocycles. The second-order valence-electron chi connectivity index (χ2n) is 3.50. The van der Waals surface area contributed by atoms with Crippen LogP contribution in [0.4, 0.5) is 4.39 Å². The summed E-state index contributed by atoms with van der Waals surface area (Å²) in [5.41, 5.74) is -0.486. The number of nitrogens with one attached hydrogen (secondary N) is 1. The van der Waals surface area contributed by atoms with Crippen molar-refractivity contribution in [2.75, 3.05) is 14.2 Å². The van der Waals surface area contributed by atoms with Crippen molar-refractivity contribution >= 4 is 17.6 Å². The molecule has 1 unspecified atom stereocenters. The SMILES string of the molecule is CNC(C)(C(=O)OC)c1ccc(F)c(Cl)c1. The molecule has 1 N–H and O–H groups in total. The standard InChI is InChI=1S/C11H13ClFNO2/c1-11(14-2,10(15)16-3)7-4-5-9(13)8(12)6-7/h4-6,14H,1-3H3. The van der Waals surface area contributed by atoms with E-state index in [9.17, 15) is 9.18 Å². The number of rotatable bonds is 3. The summed E-state index contributed by atoms with van der Waals surface area (Å²) in [7, 11) is 2.91. The maximum absolute atomic E-state index is 13.0. The largest absolute Gasteiger partial charge is 0.467 e. The van der Waals surface area contributed by atoms with E-state index in [0.29, 0.717) is 5.56 Å². The van der Waals surface area contributed by atoms with Crippen LogP contribution in [0.2, 0.25) is 5.02 Å². The Hall–Kier alpha value is -1.13. The van der Waals surface area contributed by atoms with Crippen LogP contribution in [0.15, 0.2) is 18.2 Å². The Morgan fingerprint density at radius 2 is 2.19 bits per heavy atom. The highest BCUT2D eigenvalue weighted by Gasteiger charge is 2.35. The molecule has 0 spiro atoms. The van der Waals surface area contributed by atoms with Gasteiger partial charge in [0.05, 0.1) is 12.1 Å². The summed E-state index contributed by atoms with van der Waals surface area (Å²) in [6, 6.07) is 4.12. The number of likely N-dealkylation sites (N-methyl/N-ethyl adjacent to an activating group) is 1. The van der Waals surface area contributed by atoms with E-state index in [-0.39, 0.29) is 5.02 Å². The first-order chi connectivity index (χ1) is 7.45. The van der Waals surface area contributed by atoms with Crippen LogP contribution in [-0.2, 0) is 15.1 Å². The summed E-state index contributed by atoms with van der Waals surface area (Å²) >= 11 is 5.67. The summed E-state index contributed by atoms with van der Waals surface area (Å²) in [6.45, 7) is 1.64. The van der Waals surface area contributed by atoms with E-state index >= 15 is 0 Å². The summed E-state index contributed by atoms with van der Waals surface area (Å²) in [5, 5.41) is 2.81. The highest BCUT2D eigenvalue weighted by molar-refractivity contribution is 6.30. The molecule has 0 heterocycles. The molecular formula is C11H13ClFNO2. The van der Waals surface area contributed by atoms with E-state index in [2.05, 4.69) is 5.32 Å². The summed E-state index contributed by atoms with van der Waals surface area (Å²) < 4.78 is 17.7. The van der Waals surface area contributed by atoms with Gasteiger partial charge in [0.2, 0.25) is 0 Å². The Kier molecular flexibility index (Phi) is 3.88. The third-order valence-corrected chi connectivity index (χ3v) is 2.88. The predicted molar refractivity (Wildman–Crippen MR) is 59.8 cm³/mol. The smallest absolute Gasteiger partial charge is 0.330 e. The van der Waals surface area contributed by atoms with Gasteiger partial charge in [0.1, 0.15) is 11.4 Å². The molecule has 3 nitrogen and oxygen atoms in total. The monoisotopic (exact) mass is 245 g/mol. The lowest BCUT2D eigenvalue weighted by molar-refractivity contribution is -0.148. The van der Waals surface area contributed by atoms with Crippen LogP contribution in [0, 0.1) is 5.82 Å². The minimum atomic E-state index is -1.04. The number of hydrogen-bond acceptors (Lipinski definition) is 3. The molecule has 1 aromatic rings. The quantitative estimate of drug-likeness (QED) is 0.829. The maximum Gasteiger partial charge on any atom is 0.330 e. The Balaban J connectivity index is 3.23. The molecule has 88 valence electrons. The van der Waals surface area contributed by atoms with Crippen LogP contribution in [0.25, 0.3) is 0 Å². The second-order valence-corrected chi connectivity index (χ2v) is 3.90. The average Bonchev–Trinajstić information content (AvgIpc) is 2.30. The first-order valence-electron chi connectivity index (χ1n) is 4.68. The van der Waals surface area contributed by atoms with Crippen LogP contribution in [0.3, 0.4) is 0 Å². The third kappa shape index (κ3) is 2.18.